The summed E-state index contributed by atoms with van der Waals surface area (Å²) in [4.78, 5) is 3.40. The second-order valence-electron chi connectivity index (χ2n) is 1.41. The van der Waals surface area contributed by atoms with Gasteiger partial charge >= 0.3 is 0 Å². The average Bonchev–Trinajstić information content (AvgIpc) is 2.34. The van der Waals surface area contributed by atoms with Crippen LogP contribution in [0.3, 0.4) is 0 Å². The lowest BCUT2D eigenvalue weighted by Crippen LogP contribution is -1.69. The number of hydrogen-bond acceptors (Lipinski definition) is 3. The van der Waals surface area contributed by atoms with Crippen LogP contribution in [0.1, 0.15) is 5.56 Å². The SMILES string of the molecule is N#CN=Cc1ccsc1. The van der Waals surface area contributed by atoms with E-state index in [1.165, 1.54) is 6.21 Å². The molecule has 1 heterocycles. The first kappa shape index (κ1) is 5.99. The van der Waals surface area contributed by atoms with Crippen molar-refractivity contribution in [2.75, 3.05) is 0 Å². The van der Waals surface area contributed by atoms with Gasteiger partial charge in [0.15, 0.2) is 0 Å². The van der Waals surface area contributed by atoms with Crippen LogP contribution in [-0.2, 0) is 0 Å². The molecule has 0 saturated carbocycles. The van der Waals surface area contributed by atoms with Crippen LogP contribution in [0.5, 0.6) is 0 Å². The van der Waals surface area contributed by atoms with Gasteiger partial charge in [-0.25, -0.2) is 0 Å². The quantitative estimate of drug-likeness (QED) is 0.427. The largest absolute Gasteiger partial charge is 0.205 e. The summed E-state index contributed by atoms with van der Waals surface area (Å²) >= 11 is 1.59. The molecule has 0 atom stereocenters. The second kappa shape index (κ2) is 3.00. The van der Waals surface area contributed by atoms with E-state index >= 15 is 0 Å². The van der Waals surface area contributed by atoms with E-state index in [0.29, 0.717) is 0 Å². The lowest BCUT2D eigenvalue weighted by molar-refractivity contribution is 1.45. The van der Waals surface area contributed by atoms with Gasteiger partial charge in [-0.05, 0) is 16.8 Å². The fraction of sp³-hybridized carbons (Fsp3) is 0. The molecule has 0 amide bonds. The topological polar surface area (TPSA) is 36.1 Å². The maximum Gasteiger partial charge on any atom is 0.205 e. The predicted octanol–water partition coefficient (Wildman–Crippen LogP) is 1.65. The first-order valence-electron chi connectivity index (χ1n) is 2.38. The summed E-state index contributed by atoms with van der Waals surface area (Å²) in [5.74, 6) is 0. The van der Waals surface area contributed by atoms with E-state index in [-0.39, 0.29) is 0 Å². The average molecular weight is 136 g/mol. The van der Waals surface area contributed by atoms with Gasteiger partial charge in [0.25, 0.3) is 0 Å². The fourth-order valence-electron chi connectivity index (χ4n) is 0.452. The van der Waals surface area contributed by atoms with E-state index in [2.05, 4.69) is 4.99 Å². The molecular weight excluding hydrogens is 132 g/mol. The molecule has 0 bridgehead atoms. The molecule has 1 aromatic rings. The first-order valence-corrected chi connectivity index (χ1v) is 3.32. The highest BCUT2D eigenvalue weighted by Gasteiger charge is 1.82. The summed E-state index contributed by atoms with van der Waals surface area (Å²) in [6.07, 6.45) is 3.22. The zero-order valence-electron chi connectivity index (χ0n) is 4.61. The van der Waals surface area contributed by atoms with Crippen LogP contribution in [0.2, 0.25) is 0 Å². The van der Waals surface area contributed by atoms with Crippen molar-refractivity contribution in [3.05, 3.63) is 22.4 Å². The van der Waals surface area contributed by atoms with Crippen molar-refractivity contribution in [3.63, 3.8) is 0 Å². The Morgan fingerprint density at radius 3 is 3.22 bits per heavy atom. The molecule has 0 unspecified atom stereocenters. The highest BCUT2D eigenvalue weighted by molar-refractivity contribution is 7.08. The minimum atomic E-state index is 0.988. The Labute approximate surface area is 57.1 Å². The minimum Gasteiger partial charge on any atom is -0.181 e. The molecule has 44 valence electrons. The van der Waals surface area contributed by atoms with E-state index in [1.807, 2.05) is 16.8 Å². The van der Waals surface area contributed by atoms with Crippen molar-refractivity contribution < 1.29 is 0 Å². The third-order valence-electron chi connectivity index (χ3n) is 0.815. The lowest BCUT2D eigenvalue weighted by Gasteiger charge is -1.72. The first-order chi connectivity index (χ1) is 4.43. The summed E-state index contributed by atoms with van der Waals surface area (Å²) in [5, 5.41) is 11.9. The number of rotatable bonds is 1. The number of hydrogen-bond donors (Lipinski definition) is 0. The van der Waals surface area contributed by atoms with Gasteiger partial charge in [-0.15, -0.1) is 0 Å². The molecule has 3 heteroatoms. The van der Waals surface area contributed by atoms with E-state index < -0.39 is 0 Å². The third-order valence-corrected chi connectivity index (χ3v) is 1.52. The van der Waals surface area contributed by atoms with Gasteiger partial charge in [-0.3, -0.25) is 0 Å². The van der Waals surface area contributed by atoms with Crippen LogP contribution in [0, 0.1) is 11.5 Å². The van der Waals surface area contributed by atoms with E-state index in [1.54, 1.807) is 17.5 Å². The van der Waals surface area contributed by atoms with Gasteiger partial charge in [0, 0.05) is 11.8 Å². The van der Waals surface area contributed by atoms with Crippen molar-refractivity contribution in [2.45, 2.75) is 0 Å². The maximum atomic E-state index is 8.02. The monoisotopic (exact) mass is 136 g/mol. The zero-order valence-corrected chi connectivity index (χ0v) is 5.43. The highest BCUT2D eigenvalue weighted by atomic mass is 32.1. The number of nitriles is 1. The standard InChI is InChI=1S/C6H4N2S/c7-5-8-3-6-1-2-9-4-6/h1-4H. The van der Waals surface area contributed by atoms with Crippen molar-refractivity contribution in [1.82, 2.24) is 0 Å². The van der Waals surface area contributed by atoms with Crippen molar-refractivity contribution >= 4 is 17.6 Å². The van der Waals surface area contributed by atoms with Crippen LogP contribution in [0.15, 0.2) is 21.8 Å². The van der Waals surface area contributed by atoms with E-state index in [0.717, 1.165) is 5.56 Å². The Balaban J connectivity index is 2.71. The predicted molar refractivity (Wildman–Crippen MR) is 37.5 cm³/mol. The molecule has 9 heavy (non-hydrogen) atoms. The minimum absolute atomic E-state index is 0.988. The Kier molecular flexibility index (Phi) is 2.00. The summed E-state index contributed by atoms with van der Waals surface area (Å²) in [6, 6.07) is 1.91. The van der Waals surface area contributed by atoms with Crippen LogP contribution < -0.4 is 0 Å². The Morgan fingerprint density at radius 2 is 2.67 bits per heavy atom. The summed E-state index contributed by atoms with van der Waals surface area (Å²) in [7, 11) is 0. The summed E-state index contributed by atoms with van der Waals surface area (Å²) < 4.78 is 0. The van der Waals surface area contributed by atoms with Gasteiger partial charge in [0.2, 0.25) is 6.19 Å². The summed E-state index contributed by atoms with van der Waals surface area (Å²) in [5.41, 5.74) is 0.988. The lowest BCUT2D eigenvalue weighted by atomic mass is 10.4. The molecule has 2 nitrogen and oxygen atoms in total. The van der Waals surface area contributed by atoms with Crippen LogP contribution in [0.25, 0.3) is 0 Å². The zero-order chi connectivity index (χ0) is 6.53. The van der Waals surface area contributed by atoms with Gasteiger partial charge in [0.05, 0.1) is 0 Å². The van der Waals surface area contributed by atoms with Gasteiger partial charge in [-0.1, -0.05) is 0 Å². The van der Waals surface area contributed by atoms with Gasteiger partial charge in [-0.2, -0.15) is 21.6 Å². The molecule has 0 radical (unpaired) electrons. The van der Waals surface area contributed by atoms with Crippen LogP contribution in [-0.4, -0.2) is 6.21 Å². The molecule has 0 N–H and O–H groups in total. The number of aliphatic imine (C=N–C) groups is 1. The van der Waals surface area contributed by atoms with Crippen molar-refractivity contribution in [1.29, 1.82) is 5.26 Å². The normalized spacial score (nSPS) is 9.67. The molecule has 0 fully saturated rings. The molecule has 1 aromatic heterocycles. The Morgan fingerprint density at radius 1 is 1.78 bits per heavy atom. The fourth-order valence-corrected chi connectivity index (χ4v) is 1.06. The smallest absolute Gasteiger partial charge is 0.181 e. The molecule has 0 saturated heterocycles. The van der Waals surface area contributed by atoms with E-state index in [9.17, 15) is 0 Å². The molecule has 0 aliphatic rings. The molecule has 0 aromatic carbocycles. The number of thiophene rings is 1. The Hall–Kier alpha value is -1.14. The van der Waals surface area contributed by atoms with Crippen LogP contribution in [0.4, 0.5) is 0 Å². The second-order valence-corrected chi connectivity index (χ2v) is 2.19. The number of nitrogens with zero attached hydrogens (tertiary/aromatic N) is 2. The highest BCUT2D eigenvalue weighted by Crippen LogP contribution is 2.01. The maximum absolute atomic E-state index is 8.02. The molecule has 1 rings (SSSR count). The molecule has 0 spiro atoms. The molecular formula is C6H4N2S. The molecule has 0 aliphatic heterocycles. The van der Waals surface area contributed by atoms with Crippen LogP contribution >= 0.6 is 11.3 Å². The summed E-state index contributed by atoms with van der Waals surface area (Å²) in [6.45, 7) is 0. The van der Waals surface area contributed by atoms with Crippen molar-refractivity contribution in [2.24, 2.45) is 4.99 Å². The van der Waals surface area contributed by atoms with Gasteiger partial charge in [0.1, 0.15) is 0 Å². The molecule has 0 aliphatic carbocycles. The third kappa shape index (κ3) is 1.67. The van der Waals surface area contributed by atoms with Gasteiger partial charge < -0.3 is 0 Å². The Bertz CT molecular complexity index is 230. The van der Waals surface area contributed by atoms with E-state index in [4.69, 9.17) is 5.26 Å². The van der Waals surface area contributed by atoms with Crippen molar-refractivity contribution in [3.8, 4) is 6.19 Å².